The number of carbonyl (C=O) groups excluding carboxylic acids is 3. The summed E-state index contributed by atoms with van der Waals surface area (Å²) in [6.07, 6.45) is 8.40. The molecule has 4 amide bonds. The van der Waals surface area contributed by atoms with Gasteiger partial charge in [0.05, 0.1) is 0 Å². The van der Waals surface area contributed by atoms with Crippen LogP contribution in [0.15, 0.2) is 24.3 Å². The number of nitrogens with one attached hydrogen (secondary N) is 4. The van der Waals surface area contributed by atoms with E-state index in [4.69, 9.17) is 0 Å². The summed E-state index contributed by atoms with van der Waals surface area (Å²) in [7, 11) is 0. The van der Waals surface area contributed by atoms with Crippen molar-refractivity contribution < 1.29 is 14.4 Å². The molecule has 4 N–H and O–H groups in total. The number of hydrogen-bond donors (Lipinski definition) is 4. The molecule has 180 valence electrons. The van der Waals surface area contributed by atoms with E-state index in [9.17, 15) is 14.4 Å². The Morgan fingerprint density at radius 3 is 2.33 bits per heavy atom. The molecule has 5 rings (SSSR count). The van der Waals surface area contributed by atoms with Gasteiger partial charge in [0.1, 0.15) is 0 Å². The fourth-order valence-electron chi connectivity index (χ4n) is 6.34. The molecule has 4 fully saturated rings. The average Bonchev–Trinajstić information content (AvgIpc) is 2.76. The molecule has 0 spiro atoms. The van der Waals surface area contributed by atoms with Crippen LogP contribution >= 0.6 is 0 Å². The Morgan fingerprint density at radius 1 is 1.03 bits per heavy atom. The van der Waals surface area contributed by atoms with Gasteiger partial charge in [-0.1, -0.05) is 26.0 Å². The van der Waals surface area contributed by atoms with Gasteiger partial charge in [-0.05, 0) is 80.4 Å². The maximum absolute atomic E-state index is 12.5. The van der Waals surface area contributed by atoms with Crippen molar-refractivity contribution in [2.45, 2.75) is 77.3 Å². The van der Waals surface area contributed by atoms with E-state index in [1.165, 1.54) is 19.3 Å². The minimum absolute atomic E-state index is 0.00317. The smallest absolute Gasteiger partial charge is 0.315 e. The minimum atomic E-state index is -0.144. The van der Waals surface area contributed by atoms with Gasteiger partial charge in [0, 0.05) is 36.7 Å². The maximum Gasteiger partial charge on any atom is 0.315 e. The Hall–Kier alpha value is -2.57. The normalized spacial score (nSPS) is 28.1. The lowest BCUT2D eigenvalue weighted by Gasteiger charge is -2.56. The van der Waals surface area contributed by atoms with Crippen LogP contribution < -0.4 is 21.3 Å². The minimum Gasteiger partial charge on any atom is -0.352 e. The highest BCUT2D eigenvalue weighted by Gasteiger charge is 2.51. The van der Waals surface area contributed by atoms with Gasteiger partial charge in [0.15, 0.2) is 0 Å². The van der Waals surface area contributed by atoms with Crippen molar-refractivity contribution in [1.82, 2.24) is 16.0 Å². The number of anilines is 1. The number of hydrogen-bond acceptors (Lipinski definition) is 3. The predicted molar refractivity (Wildman–Crippen MR) is 128 cm³/mol. The average molecular weight is 455 g/mol. The van der Waals surface area contributed by atoms with Crippen LogP contribution in [0.1, 0.15) is 70.8 Å². The Labute approximate surface area is 196 Å². The number of urea groups is 1. The summed E-state index contributed by atoms with van der Waals surface area (Å²) in [6.45, 7) is 4.58. The lowest BCUT2D eigenvalue weighted by Crippen LogP contribution is -2.61. The van der Waals surface area contributed by atoms with E-state index in [1.54, 1.807) is 0 Å². The number of rotatable bonds is 9. The fraction of sp³-hybridized carbons (Fsp3) is 0.654. The molecule has 0 aliphatic heterocycles. The van der Waals surface area contributed by atoms with Crippen molar-refractivity contribution in [3.63, 3.8) is 0 Å². The molecule has 4 aliphatic rings. The van der Waals surface area contributed by atoms with E-state index in [0.29, 0.717) is 13.1 Å². The summed E-state index contributed by atoms with van der Waals surface area (Å²) < 4.78 is 0. The largest absolute Gasteiger partial charge is 0.352 e. The summed E-state index contributed by atoms with van der Waals surface area (Å²) in [5, 5.41) is 12.0. The first kappa shape index (κ1) is 23.6. The third-order valence-corrected chi connectivity index (χ3v) is 7.80. The molecule has 1 aromatic rings. The van der Waals surface area contributed by atoms with Crippen molar-refractivity contribution in [1.29, 1.82) is 0 Å². The Kier molecular flexibility index (Phi) is 7.25. The van der Waals surface area contributed by atoms with Crippen molar-refractivity contribution in [2.75, 3.05) is 11.9 Å². The third kappa shape index (κ3) is 6.06. The quantitative estimate of drug-likeness (QED) is 0.455. The van der Waals surface area contributed by atoms with Gasteiger partial charge in [0.25, 0.3) is 0 Å². The van der Waals surface area contributed by atoms with E-state index in [-0.39, 0.29) is 35.7 Å². The van der Waals surface area contributed by atoms with Crippen molar-refractivity contribution in [3.8, 4) is 0 Å². The lowest BCUT2D eigenvalue weighted by atomic mass is 9.53. The first-order valence-electron chi connectivity index (χ1n) is 12.6. The summed E-state index contributed by atoms with van der Waals surface area (Å²) in [6, 6.07) is 7.35. The molecule has 0 aromatic heterocycles. The number of amides is 4. The Balaban J connectivity index is 1.16. The van der Waals surface area contributed by atoms with Crippen LogP contribution in [0.2, 0.25) is 0 Å². The van der Waals surface area contributed by atoms with Gasteiger partial charge in [-0.2, -0.15) is 0 Å². The molecule has 1 aromatic carbocycles. The van der Waals surface area contributed by atoms with Gasteiger partial charge < -0.3 is 21.3 Å². The van der Waals surface area contributed by atoms with Crippen LogP contribution in [-0.4, -0.2) is 29.9 Å². The van der Waals surface area contributed by atoms with Gasteiger partial charge in [0.2, 0.25) is 11.8 Å². The molecule has 4 saturated carbocycles. The summed E-state index contributed by atoms with van der Waals surface area (Å²) in [5.41, 5.74) is 1.63. The molecule has 4 bridgehead atoms. The van der Waals surface area contributed by atoms with Crippen LogP contribution in [0.25, 0.3) is 0 Å². The second-order valence-corrected chi connectivity index (χ2v) is 10.6. The van der Waals surface area contributed by atoms with Crippen LogP contribution in [0.3, 0.4) is 0 Å². The van der Waals surface area contributed by atoms with Crippen LogP contribution in [-0.2, 0) is 16.1 Å². The first-order valence-corrected chi connectivity index (χ1v) is 12.6. The highest BCUT2D eigenvalue weighted by Crippen LogP contribution is 2.55. The van der Waals surface area contributed by atoms with Gasteiger partial charge in [-0.15, -0.1) is 0 Å². The van der Waals surface area contributed by atoms with Crippen LogP contribution in [0.4, 0.5) is 10.5 Å². The molecular formula is C26H38N4O3. The SMILES string of the molecule is CCC(C)C(=O)Nc1cccc(CNC(=O)CCNC(=O)NC23CC4CC(CC(C4)C2)C3)c1. The summed E-state index contributed by atoms with van der Waals surface area (Å²) in [4.78, 5) is 36.8. The van der Waals surface area contributed by atoms with Gasteiger partial charge in [-0.25, -0.2) is 4.79 Å². The van der Waals surface area contributed by atoms with E-state index < -0.39 is 0 Å². The summed E-state index contributed by atoms with van der Waals surface area (Å²) >= 11 is 0. The molecule has 4 aliphatic carbocycles. The molecule has 0 radical (unpaired) electrons. The topological polar surface area (TPSA) is 99.3 Å². The predicted octanol–water partition coefficient (Wildman–Crippen LogP) is 3.95. The van der Waals surface area contributed by atoms with Crippen LogP contribution in [0.5, 0.6) is 0 Å². The summed E-state index contributed by atoms with van der Waals surface area (Å²) in [5.74, 6) is 2.19. The second-order valence-electron chi connectivity index (χ2n) is 10.6. The highest BCUT2D eigenvalue weighted by molar-refractivity contribution is 5.92. The van der Waals surface area contributed by atoms with E-state index in [0.717, 1.165) is 54.7 Å². The molecule has 1 atom stereocenters. The standard InChI is InChI=1S/C26H38N4O3/c1-3-17(2)24(32)29-22-6-4-5-18(12-22)16-28-23(31)7-8-27-25(33)30-26-13-19-9-20(14-26)11-21(10-19)15-26/h4-6,12,17,19-21H,3,7-11,13-16H2,1-2H3,(H,28,31)(H,29,32)(H2,27,30,33). The second kappa shape index (κ2) is 10.1. The Morgan fingerprint density at radius 2 is 1.70 bits per heavy atom. The number of carbonyl (C=O) groups is 3. The van der Waals surface area contributed by atoms with E-state index in [1.807, 2.05) is 38.1 Å². The molecule has 1 unspecified atom stereocenters. The molecule has 7 heteroatoms. The van der Waals surface area contributed by atoms with Crippen molar-refractivity contribution in [2.24, 2.45) is 23.7 Å². The van der Waals surface area contributed by atoms with E-state index in [2.05, 4.69) is 21.3 Å². The molecule has 33 heavy (non-hydrogen) atoms. The molecule has 7 nitrogen and oxygen atoms in total. The van der Waals surface area contributed by atoms with Gasteiger partial charge >= 0.3 is 6.03 Å². The maximum atomic E-state index is 12.5. The monoisotopic (exact) mass is 454 g/mol. The van der Waals surface area contributed by atoms with E-state index >= 15 is 0 Å². The zero-order valence-corrected chi connectivity index (χ0v) is 19.9. The number of benzene rings is 1. The van der Waals surface area contributed by atoms with Gasteiger partial charge in [-0.3, -0.25) is 9.59 Å². The van der Waals surface area contributed by atoms with Crippen LogP contribution in [0, 0.1) is 23.7 Å². The third-order valence-electron chi connectivity index (χ3n) is 7.80. The van der Waals surface area contributed by atoms with Crippen molar-refractivity contribution >= 4 is 23.5 Å². The molecular weight excluding hydrogens is 416 g/mol. The molecule has 0 heterocycles. The zero-order chi connectivity index (χ0) is 23.4. The highest BCUT2D eigenvalue weighted by atomic mass is 16.2. The lowest BCUT2D eigenvalue weighted by molar-refractivity contribution is -0.121. The Bertz CT molecular complexity index is 849. The van der Waals surface area contributed by atoms with Crippen molar-refractivity contribution in [3.05, 3.63) is 29.8 Å². The zero-order valence-electron chi connectivity index (χ0n) is 19.9. The fourth-order valence-corrected chi connectivity index (χ4v) is 6.34. The first-order chi connectivity index (χ1) is 15.8. The molecule has 0 saturated heterocycles.